The second-order valence-corrected chi connectivity index (χ2v) is 7.25. The lowest BCUT2D eigenvalue weighted by Crippen LogP contribution is -2.43. The molecule has 2 rings (SSSR count). The highest BCUT2D eigenvalue weighted by atomic mass is 16.5. The van der Waals surface area contributed by atoms with E-state index in [1.54, 1.807) is 21.3 Å². The van der Waals surface area contributed by atoms with Crippen LogP contribution in [0.15, 0.2) is 30.3 Å². The largest absolute Gasteiger partial charge is 0.497 e. The molecule has 24 heavy (non-hydrogen) atoms. The highest BCUT2D eigenvalue weighted by Gasteiger charge is 2.32. The van der Waals surface area contributed by atoms with Crippen LogP contribution < -0.4 is 4.74 Å². The van der Waals surface area contributed by atoms with Crippen molar-refractivity contribution >= 4 is 0 Å². The molecule has 0 unspecified atom stereocenters. The Bertz CT molecular complexity index is 380. The van der Waals surface area contributed by atoms with Crippen molar-refractivity contribution in [1.82, 2.24) is 0 Å². The van der Waals surface area contributed by atoms with Gasteiger partial charge in [0.1, 0.15) is 5.75 Å². The fraction of sp³-hybridized carbons (Fsp3) is 0.700. The van der Waals surface area contributed by atoms with E-state index in [-0.39, 0.29) is 7.43 Å². The SMILES string of the molecule is C.COCC(C)(C)C.COCC1(C)COC1.COc1ccccc1. The van der Waals surface area contributed by atoms with Crippen molar-refractivity contribution in [2.75, 3.05) is 47.8 Å². The Kier molecular flexibility index (Phi) is 13.9. The molecule has 0 radical (unpaired) electrons. The van der Waals surface area contributed by atoms with Gasteiger partial charge in [-0.15, -0.1) is 0 Å². The molecule has 1 aliphatic rings. The summed E-state index contributed by atoms with van der Waals surface area (Å²) in [6.07, 6.45) is 0. The van der Waals surface area contributed by atoms with Crippen LogP contribution >= 0.6 is 0 Å². The van der Waals surface area contributed by atoms with Crippen molar-refractivity contribution < 1.29 is 18.9 Å². The number of hydrogen-bond donors (Lipinski definition) is 0. The summed E-state index contributed by atoms with van der Waals surface area (Å²) >= 11 is 0. The molecule has 1 aliphatic heterocycles. The molecule has 0 saturated carbocycles. The Balaban J connectivity index is 0. The standard InChI is InChI=1S/C7H8O.C6H12O2.C6H14O.CH4/c1-8-7-5-3-2-4-6-7;1-6(3-7-2)4-8-5-6;1-6(2,3)5-7-4;/h2-6H,1H3;3-5H2,1-2H3;5H2,1-4H3;1H4. The molecule has 1 fully saturated rings. The van der Waals surface area contributed by atoms with Crippen LogP contribution in [0.25, 0.3) is 0 Å². The summed E-state index contributed by atoms with van der Waals surface area (Å²) in [7, 11) is 5.12. The average Bonchev–Trinajstić information content (AvgIpc) is 2.47. The molecule has 1 aromatic carbocycles. The van der Waals surface area contributed by atoms with Gasteiger partial charge in [0.05, 0.1) is 33.5 Å². The van der Waals surface area contributed by atoms with Gasteiger partial charge < -0.3 is 18.9 Å². The third kappa shape index (κ3) is 13.3. The van der Waals surface area contributed by atoms with E-state index in [0.717, 1.165) is 32.2 Å². The minimum Gasteiger partial charge on any atom is -0.497 e. The van der Waals surface area contributed by atoms with Gasteiger partial charge in [-0.3, -0.25) is 0 Å². The highest BCUT2D eigenvalue weighted by Crippen LogP contribution is 2.25. The van der Waals surface area contributed by atoms with Gasteiger partial charge in [-0.1, -0.05) is 53.3 Å². The predicted molar refractivity (Wildman–Crippen MR) is 102 cm³/mol. The van der Waals surface area contributed by atoms with Crippen molar-refractivity contribution in [3.63, 3.8) is 0 Å². The number of rotatable bonds is 4. The van der Waals surface area contributed by atoms with Gasteiger partial charge in [-0.05, 0) is 17.5 Å². The smallest absolute Gasteiger partial charge is 0.118 e. The van der Waals surface area contributed by atoms with Crippen molar-refractivity contribution in [2.24, 2.45) is 10.8 Å². The van der Waals surface area contributed by atoms with Crippen molar-refractivity contribution in [1.29, 1.82) is 0 Å². The molecule has 0 spiro atoms. The molecule has 4 nitrogen and oxygen atoms in total. The van der Waals surface area contributed by atoms with E-state index in [2.05, 4.69) is 27.7 Å². The molecule has 0 bridgehead atoms. The first-order valence-electron chi connectivity index (χ1n) is 7.91. The fourth-order valence-corrected chi connectivity index (χ4v) is 1.87. The Morgan fingerprint density at radius 3 is 1.71 bits per heavy atom. The van der Waals surface area contributed by atoms with Crippen molar-refractivity contribution in [3.8, 4) is 5.75 Å². The maximum absolute atomic E-state index is 5.01. The van der Waals surface area contributed by atoms with E-state index in [9.17, 15) is 0 Å². The summed E-state index contributed by atoms with van der Waals surface area (Å²) in [5, 5.41) is 0. The topological polar surface area (TPSA) is 36.9 Å². The van der Waals surface area contributed by atoms with Crippen LogP contribution in [0, 0.1) is 10.8 Å². The molecule has 0 amide bonds. The normalized spacial score (nSPS) is 14.6. The molecule has 0 atom stereocenters. The zero-order valence-electron chi connectivity index (χ0n) is 15.8. The molecule has 1 aromatic rings. The van der Waals surface area contributed by atoms with E-state index in [1.165, 1.54) is 0 Å². The van der Waals surface area contributed by atoms with Crippen molar-refractivity contribution in [2.45, 2.75) is 35.1 Å². The Hall–Kier alpha value is -1.10. The highest BCUT2D eigenvalue weighted by molar-refractivity contribution is 5.20. The number of ether oxygens (including phenoxy) is 4. The summed E-state index contributed by atoms with van der Waals surface area (Å²) in [6.45, 7) is 12.0. The van der Waals surface area contributed by atoms with E-state index < -0.39 is 0 Å². The van der Waals surface area contributed by atoms with Gasteiger partial charge >= 0.3 is 0 Å². The zero-order valence-corrected chi connectivity index (χ0v) is 15.8. The number of methoxy groups -OCH3 is 3. The molecular formula is C20H38O4. The Labute approximate surface area is 149 Å². The summed E-state index contributed by atoms with van der Waals surface area (Å²) in [5.74, 6) is 0.910. The first-order chi connectivity index (χ1) is 10.8. The first-order valence-corrected chi connectivity index (χ1v) is 7.91. The van der Waals surface area contributed by atoms with Gasteiger partial charge in [-0.2, -0.15) is 0 Å². The summed E-state index contributed by atoms with van der Waals surface area (Å²) in [4.78, 5) is 0. The van der Waals surface area contributed by atoms with Crippen LogP contribution in [-0.2, 0) is 14.2 Å². The fourth-order valence-electron chi connectivity index (χ4n) is 1.87. The average molecular weight is 343 g/mol. The second-order valence-electron chi connectivity index (χ2n) is 7.25. The van der Waals surface area contributed by atoms with E-state index in [1.807, 2.05) is 30.3 Å². The first kappa shape index (κ1) is 25.1. The van der Waals surface area contributed by atoms with Crippen LogP contribution in [0.5, 0.6) is 5.75 Å². The lowest BCUT2D eigenvalue weighted by atomic mass is 9.90. The van der Waals surface area contributed by atoms with Gasteiger partial charge in [0, 0.05) is 19.6 Å². The van der Waals surface area contributed by atoms with Crippen LogP contribution in [0.3, 0.4) is 0 Å². The Morgan fingerprint density at radius 2 is 1.54 bits per heavy atom. The number of hydrogen-bond acceptors (Lipinski definition) is 4. The van der Waals surface area contributed by atoms with Gasteiger partial charge in [-0.25, -0.2) is 0 Å². The van der Waals surface area contributed by atoms with Crippen LogP contribution in [0.1, 0.15) is 35.1 Å². The van der Waals surface area contributed by atoms with Gasteiger partial charge in [0.15, 0.2) is 0 Å². The summed E-state index contributed by atoms with van der Waals surface area (Å²) < 4.78 is 19.8. The van der Waals surface area contributed by atoms with E-state index in [0.29, 0.717) is 10.8 Å². The third-order valence-corrected chi connectivity index (χ3v) is 2.95. The number of benzene rings is 1. The number of para-hydroxylation sites is 1. The molecular weight excluding hydrogens is 304 g/mol. The minimum atomic E-state index is 0. The molecule has 142 valence electrons. The monoisotopic (exact) mass is 342 g/mol. The minimum absolute atomic E-state index is 0. The maximum atomic E-state index is 5.01. The molecule has 0 aromatic heterocycles. The second kappa shape index (κ2) is 13.2. The third-order valence-electron chi connectivity index (χ3n) is 2.95. The predicted octanol–water partition coefficient (Wildman–Crippen LogP) is 4.68. The van der Waals surface area contributed by atoms with Gasteiger partial charge in [0.25, 0.3) is 0 Å². The Morgan fingerprint density at radius 1 is 1.00 bits per heavy atom. The van der Waals surface area contributed by atoms with E-state index >= 15 is 0 Å². The van der Waals surface area contributed by atoms with Crippen LogP contribution in [0.4, 0.5) is 0 Å². The lowest BCUT2D eigenvalue weighted by molar-refractivity contribution is -0.131. The lowest BCUT2D eigenvalue weighted by Gasteiger charge is -2.37. The molecule has 0 N–H and O–H groups in total. The molecule has 4 heteroatoms. The molecule has 1 saturated heterocycles. The maximum Gasteiger partial charge on any atom is 0.118 e. The van der Waals surface area contributed by atoms with Crippen LogP contribution in [0.2, 0.25) is 0 Å². The summed E-state index contributed by atoms with van der Waals surface area (Å²) in [5.41, 5.74) is 0.656. The molecule has 1 heterocycles. The van der Waals surface area contributed by atoms with E-state index in [4.69, 9.17) is 18.9 Å². The van der Waals surface area contributed by atoms with Crippen LogP contribution in [-0.4, -0.2) is 47.8 Å². The zero-order chi connectivity index (χ0) is 17.8. The van der Waals surface area contributed by atoms with Gasteiger partial charge in [0.2, 0.25) is 0 Å². The quantitative estimate of drug-likeness (QED) is 0.796. The van der Waals surface area contributed by atoms with Crippen molar-refractivity contribution in [3.05, 3.63) is 30.3 Å². The molecule has 0 aliphatic carbocycles. The summed E-state index contributed by atoms with van der Waals surface area (Å²) in [6, 6.07) is 9.68.